The lowest BCUT2D eigenvalue weighted by molar-refractivity contribution is -0.385. The van der Waals surface area contributed by atoms with Gasteiger partial charge in [0.1, 0.15) is 24.2 Å². The summed E-state index contributed by atoms with van der Waals surface area (Å²) in [4.78, 5) is 37.3. The number of nitro benzene ring substituents is 1. The van der Waals surface area contributed by atoms with Crippen LogP contribution in [0.2, 0.25) is 0 Å². The number of benzene rings is 2. The first-order valence-electron chi connectivity index (χ1n) is 15.1. The quantitative estimate of drug-likeness (QED) is 0.0685. The molecule has 5 N–H and O–H groups in total. The van der Waals surface area contributed by atoms with Gasteiger partial charge in [0.15, 0.2) is 6.29 Å². The number of aliphatic carboxylic acids is 2. The smallest absolute Gasteiger partial charge is 0.311 e. The zero-order chi connectivity index (χ0) is 34.1. The topological polar surface area (TPSA) is 199 Å². The molecule has 1 heterocycles. The normalized spacial score (nSPS) is 25.2. The number of methoxy groups -OCH3 is 2. The maximum absolute atomic E-state index is 13.1. The van der Waals surface area contributed by atoms with E-state index in [0.717, 1.165) is 0 Å². The predicted octanol–water partition coefficient (Wildman–Crippen LogP) is 3.03. The van der Waals surface area contributed by atoms with Crippen molar-refractivity contribution < 1.29 is 48.8 Å². The number of unbranched alkanes of at least 4 members (excludes halogenated alkanes) is 1. The maximum Gasteiger partial charge on any atom is 0.311 e. The predicted molar refractivity (Wildman–Crippen MR) is 167 cm³/mol. The molecule has 14 heteroatoms. The van der Waals surface area contributed by atoms with Gasteiger partial charge < -0.3 is 44.9 Å². The SMILES string of the molecule is COC(OC)C1NC(C)C(C)(C(=O)O)C(c2cc([N+](=O)[O-])ccc2OCCCCNCC(O)COc2ccccc2)C1(C)C(=O)O. The number of carboxylic acids is 2. The highest BCUT2D eigenvalue weighted by molar-refractivity contribution is 5.84. The van der Waals surface area contributed by atoms with Gasteiger partial charge in [0.05, 0.1) is 28.4 Å². The van der Waals surface area contributed by atoms with E-state index in [2.05, 4.69) is 10.6 Å². The van der Waals surface area contributed by atoms with Gasteiger partial charge in [-0.15, -0.1) is 0 Å². The molecule has 1 aliphatic heterocycles. The van der Waals surface area contributed by atoms with E-state index in [9.17, 15) is 35.0 Å². The number of ether oxygens (including phenoxy) is 4. The van der Waals surface area contributed by atoms with Gasteiger partial charge in [-0.1, -0.05) is 18.2 Å². The fourth-order valence-electron chi connectivity index (χ4n) is 6.19. The molecule has 0 spiro atoms. The first-order valence-corrected chi connectivity index (χ1v) is 15.1. The van der Waals surface area contributed by atoms with Crippen molar-refractivity contribution in [1.82, 2.24) is 10.6 Å². The molecule has 2 aromatic rings. The average molecular weight is 648 g/mol. The number of aliphatic hydroxyl groups is 1. The number of aliphatic hydroxyl groups excluding tert-OH is 1. The number of piperidine rings is 1. The van der Waals surface area contributed by atoms with Crippen molar-refractivity contribution in [3.63, 3.8) is 0 Å². The molecular weight excluding hydrogens is 602 g/mol. The Morgan fingerprint density at radius 1 is 1.02 bits per heavy atom. The number of para-hydroxylation sites is 1. The molecule has 1 fully saturated rings. The Bertz CT molecular complexity index is 1330. The molecule has 6 atom stereocenters. The van der Waals surface area contributed by atoms with Crippen molar-refractivity contribution in [3.8, 4) is 11.5 Å². The summed E-state index contributed by atoms with van der Waals surface area (Å²) in [6, 6.07) is 11.1. The number of hydrogen-bond donors (Lipinski definition) is 5. The number of carbonyl (C=O) groups is 2. The van der Waals surface area contributed by atoms with Crippen LogP contribution in [-0.2, 0) is 19.1 Å². The van der Waals surface area contributed by atoms with Crippen molar-refractivity contribution in [1.29, 1.82) is 0 Å². The van der Waals surface area contributed by atoms with Gasteiger partial charge in [-0.2, -0.15) is 0 Å². The third kappa shape index (κ3) is 7.93. The monoisotopic (exact) mass is 647 g/mol. The number of rotatable bonds is 18. The number of carboxylic acid groups (broad SMARTS) is 2. The molecule has 0 aliphatic carbocycles. The van der Waals surface area contributed by atoms with Gasteiger partial charge in [0.2, 0.25) is 0 Å². The van der Waals surface area contributed by atoms with Crippen LogP contribution in [0.25, 0.3) is 0 Å². The standard InChI is InChI=1S/C32H45N3O11/c1-20-31(2,29(37)38)26(32(3,30(39)40)27(34-20)28(43-4)44-5)24-17-21(35(41)42)13-14-25(24)45-16-10-9-15-33-18-22(36)19-46-23-11-7-6-8-12-23/h6-8,11-14,17,20,22,26-28,33-34,36H,9-10,15-16,18-19H2,1-5H3,(H,37,38)(H,39,40). The summed E-state index contributed by atoms with van der Waals surface area (Å²) in [7, 11) is 2.69. The zero-order valence-electron chi connectivity index (χ0n) is 26.8. The van der Waals surface area contributed by atoms with E-state index < -0.39 is 58.1 Å². The van der Waals surface area contributed by atoms with Crippen LogP contribution in [0.5, 0.6) is 11.5 Å². The van der Waals surface area contributed by atoms with Crippen LogP contribution < -0.4 is 20.1 Å². The summed E-state index contributed by atoms with van der Waals surface area (Å²) >= 11 is 0. The lowest BCUT2D eigenvalue weighted by Crippen LogP contribution is -2.71. The lowest BCUT2D eigenvalue weighted by atomic mass is 9.52. The summed E-state index contributed by atoms with van der Waals surface area (Å²) < 4.78 is 22.5. The third-order valence-corrected chi connectivity index (χ3v) is 8.92. The van der Waals surface area contributed by atoms with E-state index in [1.807, 2.05) is 18.2 Å². The van der Waals surface area contributed by atoms with E-state index in [1.54, 1.807) is 19.1 Å². The third-order valence-electron chi connectivity index (χ3n) is 8.92. The molecule has 3 rings (SSSR count). The Labute approximate surface area is 268 Å². The fraction of sp³-hybridized carbons (Fsp3) is 0.562. The van der Waals surface area contributed by atoms with Crippen LogP contribution in [-0.4, -0.2) is 97.2 Å². The molecule has 6 unspecified atom stereocenters. The minimum Gasteiger partial charge on any atom is -0.493 e. The average Bonchev–Trinajstić information content (AvgIpc) is 3.03. The molecule has 0 amide bonds. The van der Waals surface area contributed by atoms with Crippen molar-refractivity contribution in [2.24, 2.45) is 10.8 Å². The van der Waals surface area contributed by atoms with Crippen LogP contribution in [0, 0.1) is 20.9 Å². The Balaban J connectivity index is 1.80. The van der Waals surface area contributed by atoms with Crippen LogP contribution in [0.4, 0.5) is 5.69 Å². The second-order valence-electron chi connectivity index (χ2n) is 11.8. The molecule has 0 radical (unpaired) electrons. The molecule has 0 aromatic heterocycles. The highest BCUT2D eigenvalue weighted by atomic mass is 16.7. The lowest BCUT2D eigenvalue weighted by Gasteiger charge is -2.56. The summed E-state index contributed by atoms with van der Waals surface area (Å²) in [5.74, 6) is -3.12. The fourth-order valence-corrected chi connectivity index (χ4v) is 6.19. The van der Waals surface area contributed by atoms with Crippen LogP contribution in [0.15, 0.2) is 48.5 Å². The Kier molecular flexibility index (Phi) is 12.9. The van der Waals surface area contributed by atoms with E-state index in [4.69, 9.17) is 18.9 Å². The summed E-state index contributed by atoms with van der Waals surface area (Å²) in [6.07, 6.45) is -0.585. The molecule has 0 saturated carbocycles. The van der Waals surface area contributed by atoms with Crippen molar-refractivity contribution in [2.45, 2.75) is 64.0 Å². The molecular formula is C32H45N3O11. The van der Waals surface area contributed by atoms with Crippen LogP contribution >= 0.6 is 0 Å². The summed E-state index contributed by atoms with van der Waals surface area (Å²) in [5.41, 5.74) is -3.89. The van der Waals surface area contributed by atoms with Gasteiger partial charge in [-0.3, -0.25) is 19.7 Å². The second-order valence-corrected chi connectivity index (χ2v) is 11.8. The highest BCUT2D eigenvalue weighted by Crippen LogP contribution is 2.58. The van der Waals surface area contributed by atoms with E-state index in [0.29, 0.717) is 31.7 Å². The molecule has 1 saturated heterocycles. The number of nitrogens with zero attached hydrogens (tertiary/aromatic N) is 1. The first kappa shape index (κ1) is 36.6. The maximum atomic E-state index is 13.1. The highest BCUT2D eigenvalue weighted by Gasteiger charge is 2.66. The van der Waals surface area contributed by atoms with Crippen molar-refractivity contribution in [3.05, 3.63) is 64.2 Å². The van der Waals surface area contributed by atoms with Gasteiger partial charge in [0, 0.05) is 50.4 Å². The van der Waals surface area contributed by atoms with Crippen LogP contribution in [0.1, 0.15) is 45.1 Å². The first-order chi connectivity index (χ1) is 21.8. The number of hydrogen-bond acceptors (Lipinski definition) is 11. The van der Waals surface area contributed by atoms with Gasteiger partial charge in [-0.05, 0) is 58.4 Å². The van der Waals surface area contributed by atoms with Gasteiger partial charge in [0.25, 0.3) is 5.69 Å². The van der Waals surface area contributed by atoms with E-state index in [1.165, 1.54) is 46.3 Å². The largest absolute Gasteiger partial charge is 0.493 e. The van der Waals surface area contributed by atoms with Gasteiger partial charge >= 0.3 is 11.9 Å². The van der Waals surface area contributed by atoms with E-state index >= 15 is 0 Å². The molecule has 0 bridgehead atoms. The number of nitrogens with one attached hydrogen (secondary N) is 2. The molecule has 1 aliphatic rings. The van der Waals surface area contributed by atoms with E-state index in [-0.39, 0.29) is 30.2 Å². The molecule has 14 nitrogen and oxygen atoms in total. The Morgan fingerprint density at radius 2 is 1.67 bits per heavy atom. The van der Waals surface area contributed by atoms with Crippen molar-refractivity contribution in [2.75, 3.05) is 40.5 Å². The number of nitro groups is 1. The van der Waals surface area contributed by atoms with Gasteiger partial charge in [-0.25, -0.2) is 0 Å². The molecule has 254 valence electrons. The van der Waals surface area contributed by atoms with Crippen molar-refractivity contribution >= 4 is 17.6 Å². The molecule has 46 heavy (non-hydrogen) atoms. The number of non-ortho nitro benzene ring substituents is 1. The Hall–Kier alpha value is -3.82. The second kappa shape index (κ2) is 16.1. The summed E-state index contributed by atoms with van der Waals surface area (Å²) in [5, 5.41) is 49.5. The summed E-state index contributed by atoms with van der Waals surface area (Å²) in [6.45, 7) is 5.63. The molecule has 2 aromatic carbocycles. The van der Waals surface area contributed by atoms with Crippen LogP contribution in [0.3, 0.4) is 0 Å². The minimum absolute atomic E-state index is 0.0907. The minimum atomic E-state index is -1.89. The Morgan fingerprint density at radius 3 is 2.26 bits per heavy atom. The zero-order valence-corrected chi connectivity index (χ0v) is 26.8.